The Balaban J connectivity index is 1.43. The molecule has 1 heterocycles. The number of ether oxygens (including phenoxy) is 1. The molecule has 0 fully saturated rings. The highest BCUT2D eigenvalue weighted by atomic mass is 32.2. The number of hydrogen-bond acceptors (Lipinski definition) is 5. The minimum Gasteiger partial charge on any atom is -0.494 e. The van der Waals surface area contributed by atoms with Gasteiger partial charge in [0.15, 0.2) is 0 Å². The van der Waals surface area contributed by atoms with Gasteiger partial charge in [0.05, 0.1) is 18.1 Å². The average molecular weight is 439 g/mol. The Morgan fingerprint density at radius 3 is 2.61 bits per heavy atom. The van der Waals surface area contributed by atoms with Crippen LogP contribution in [0.25, 0.3) is 11.5 Å². The van der Waals surface area contributed by atoms with E-state index >= 15 is 0 Å². The van der Waals surface area contributed by atoms with E-state index < -0.39 is 0 Å². The summed E-state index contributed by atoms with van der Waals surface area (Å²) < 4.78 is 11.3. The normalized spacial score (nSPS) is 11.8. The first-order chi connectivity index (χ1) is 15.0. The van der Waals surface area contributed by atoms with Crippen LogP contribution in [0.15, 0.2) is 59.0 Å². The van der Waals surface area contributed by atoms with Gasteiger partial charge in [-0.2, -0.15) is 0 Å². The second-order valence-electron chi connectivity index (χ2n) is 7.46. The molecule has 31 heavy (non-hydrogen) atoms. The van der Waals surface area contributed by atoms with E-state index in [1.165, 1.54) is 5.56 Å². The second kappa shape index (κ2) is 11.6. The molecule has 3 aromatic rings. The number of thioether (sulfide) groups is 1. The molecule has 1 aromatic heterocycles. The van der Waals surface area contributed by atoms with Crippen molar-refractivity contribution in [3.05, 3.63) is 71.6 Å². The van der Waals surface area contributed by atoms with Crippen molar-refractivity contribution in [2.45, 2.75) is 45.4 Å². The Morgan fingerprint density at radius 2 is 1.90 bits per heavy atom. The summed E-state index contributed by atoms with van der Waals surface area (Å²) in [6.07, 6.45) is 1.89. The number of oxazole rings is 1. The lowest BCUT2D eigenvalue weighted by Crippen LogP contribution is -2.34. The number of rotatable bonds is 11. The molecule has 0 spiro atoms. The molecule has 3 rings (SSSR count). The van der Waals surface area contributed by atoms with Crippen LogP contribution in [0, 0.1) is 6.92 Å². The van der Waals surface area contributed by atoms with Gasteiger partial charge in [-0.15, -0.1) is 11.8 Å². The van der Waals surface area contributed by atoms with Crippen molar-refractivity contribution in [1.82, 2.24) is 10.3 Å². The molecule has 1 N–H and O–H groups in total. The van der Waals surface area contributed by atoms with Gasteiger partial charge in [-0.05, 0) is 63.4 Å². The number of carbonyl (C=O) groups is 1. The number of aryl methyl sites for hydroxylation is 2. The summed E-state index contributed by atoms with van der Waals surface area (Å²) in [6.45, 7) is 6.56. The van der Waals surface area contributed by atoms with Crippen molar-refractivity contribution < 1.29 is 13.9 Å². The zero-order valence-corrected chi connectivity index (χ0v) is 19.2. The molecule has 5 nitrogen and oxygen atoms in total. The lowest BCUT2D eigenvalue weighted by Gasteiger charge is -2.13. The average Bonchev–Trinajstić information content (AvgIpc) is 3.14. The number of nitrogens with one attached hydrogen (secondary N) is 1. The molecular weight excluding hydrogens is 408 g/mol. The molecule has 6 heteroatoms. The van der Waals surface area contributed by atoms with Gasteiger partial charge in [0.1, 0.15) is 11.5 Å². The largest absolute Gasteiger partial charge is 0.494 e. The SMILES string of the molecule is CCOc1ccc(-c2nc(CSCC(=O)NC(C)CCc3ccccc3)c(C)o2)cc1. The number of nitrogens with zero attached hydrogens (tertiary/aromatic N) is 1. The molecule has 0 aliphatic heterocycles. The predicted molar refractivity (Wildman–Crippen MR) is 126 cm³/mol. The summed E-state index contributed by atoms with van der Waals surface area (Å²) >= 11 is 1.55. The van der Waals surface area contributed by atoms with Crippen LogP contribution in [0.1, 0.15) is 37.3 Å². The fraction of sp³-hybridized carbons (Fsp3) is 0.360. The van der Waals surface area contributed by atoms with Crippen LogP contribution in [0.4, 0.5) is 0 Å². The number of amides is 1. The van der Waals surface area contributed by atoms with Crippen molar-refractivity contribution in [2.75, 3.05) is 12.4 Å². The molecule has 1 amide bonds. The molecule has 1 unspecified atom stereocenters. The standard InChI is InChI=1S/C25H30N2O3S/c1-4-29-22-14-12-21(13-15-22)25-27-23(19(3)30-25)16-31-17-24(28)26-18(2)10-11-20-8-6-5-7-9-20/h5-9,12-15,18H,4,10-11,16-17H2,1-3H3,(H,26,28). The van der Waals surface area contributed by atoms with Crippen molar-refractivity contribution in [2.24, 2.45) is 0 Å². The van der Waals surface area contributed by atoms with E-state index in [2.05, 4.69) is 29.4 Å². The van der Waals surface area contributed by atoms with Crippen LogP contribution < -0.4 is 10.1 Å². The van der Waals surface area contributed by atoms with E-state index in [1.807, 2.05) is 56.3 Å². The molecule has 1 atom stereocenters. The topological polar surface area (TPSA) is 64.4 Å². The zero-order chi connectivity index (χ0) is 22.1. The smallest absolute Gasteiger partial charge is 0.230 e. The van der Waals surface area contributed by atoms with Gasteiger partial charge in [-0.25, -0.2) is 4.98 Å². The van der Waals surface area contributed by atoms with Crippen LogP contribution in [-0.4, -0.2) is 29.3 Å². The Morgan fingerprint density at radius 1 is 1.16 bits per heavy atom. The third kappa shape index (κ3) is 7.17. The van der Waals surface area contributed by atoms with E-state index in [9.17, 15) is 4.79 Å². The van der Waals surface area contributed by atoms with E-state index in [1.54, 1.807) is 11.8 Å². The van der Waals surface area contributed by atoms with Crippen LogP contribution in [-0.2, 0) is 17.0 Å². The van der Waals surface area contributed by atoms with Gasteiger partial charge in [0.25, 0.3) is 0 Å². The monoisotopic (exact) mass is 438 g/mol. The van der Waals surface area contributed by atoms with Crippen molar-refractivity contribution >= 4 is 17.7 Å². The fourth-order valence-corrected chi connectivity index (χ4v) is 4.03. The van der Waals surface area contributed by atoms with E-state index in [4.69, 9.17) is 9.15 Å². The summed E-state index contributed by atoms with van der Waals surface area (Å²) in [7, 11) is 0. The van der Waals surface area contributed by atoms with Crippen LogP contribution >= 0.6 is 11.8 Å². The van der Waals surface area contributed by atoms with Gasteiger partial charge in [-0.1, -0.05) is 30.3 Å². The molecule has 2 aromatic carbocycles. The Bertz CT molecular complexity index is 955. The lowest BCUT2D eigenvalue weighted by atomic mass is 10.1. The first-order valence-corrected chi connectivity index (χ1v) is 11.8. The number of aromatic nitrogens is 1. The second-order valence-corrected chi connectivity index (χ2v) is 8.45. The molecule has 0 bridgehead atoms. The fourth-order valence-electron chi connectivity index (χ4n) is 3.20. The van der Waals surface area contributed by atoms with Gasteiger partial charge >= 0.3 is 0 Å². The predicted octanol–water partition coefficient (Wildman–Crippen LogP) is 5.42. The molecular formula is C25H30N2O3S. The molecule has 0 aliphatic carbocycles. The Kier molecular flexibility index (Phi) is 8.59. The maximum atomic E-state index is 12.3. The third-order valence-electron chi connectivity index (χ3n) is 4.89. The first-order valence-electron chi connectivity index (χ1n) is 10.7. The molecule has 0 saturated carbocycles. The third-order valence-corrected chi connectivity index (χ3v) is 5.84. The van der Waals surface area contributed by atoms with Crippen LogP contribution in [0.3, 0.4) is 0 Å². The number of carbonyl (C=O) groups excluding carboxylic acids is 1. The first kappa shape index (κ1) is 22.9. The minimum absolute atomic E-state index is 0.0541. The van der Waals surface area contributed by atoms with Crippen LogP contribution in [0.2, 0.25) is 0 Å². The maximum absolute atomic E-state index is 12.3. The van der Waals surface area contributed by atoms with Crippen molar-refractivity contribution in [3.8, 4) is 17.2 Å². The highest BCUT2D eigenvalue weighted by molar-refractivity contribution is 7.99. The summed E-state index contributed by atoms with van der Waals surface area (Å²) in [4.78, 5) is 16.9. The molecule has 164 valence electrons. The summed E-state index contributed by atoms with van der Waals surface area (Å²) in [5.41, 5.74) is 3.08. The number of benzene rings is 2. The van der Waals surface area contributed by atoms with Gasteiger partial charge in [0, 0.05) is 17.4 Å². The van der Waals surface area contributed by atoms with Crippen molar-refractivity contribution in [1.29, 1.82) is 0 Å². The summed E-state index contributed by atoms with van der Waals surface area (Å²) in [5.74, 6) is 3.30. The summed E-state index contributed by atoms with van der Waals surface area (Å²) in [6, 6.07) is 18.2. The number of hydrogen-bond donors (Lipinski definition) is 1. The molecule has 0 radical (unpaired) electrons. The highest BCUT2D eigenvalue weighted by Gasteiger charge is 2.13. The zero-order valence-electron chi connectivity index (χ0n) is 18.4. The molecule has 0 saturated heterocycles. The minimum atomic E-state index is 0.0541. The summed E-state index contributed by atoms with van der Waals surface area (Å²) in [5, 5.41) is 3.08. The van der Waals surface area contributed by atoms with Gasteiger partial charge < -0.3 is 14.5 Å². The van der Waals surface area contributed by atoms with E-state index in [0.29, 0.717) is 24.0 Å². The van der Waals surface area contributed by atoms with E-state index in [0.717, 1.165) is 35.6 Å². The van der Waals surface area contributed by atoms with Crippen molar-refractivity contribution in [3.63, 3.8) is 0 Å². The van der Waals surface area contributed by atoms with Gasteiger partial charge in [-0.3, -0.25) is 4.79 Å². The lowest BCUT2D eigenvalue weighted by molar-refractivity contribution is -0.119. The Hall–Kier alpha value is -2.73. The molecule has 0 aliphatic rings. The Labute approximate surface area is 188 Å². The van der Waals surface area contributed by atoms with E-state index in [-0.39, 0.29) is 11.9 Å². The van der Waals surface area contributed by atoms with Gasteiger partial charge in [0.2, 0.25) is 11.8 Å². The maximum Gasteiger partial charge on any atom is 0.230 e. The van der Waals surface area contributed by atoms with Crippen LogP contribution in [0.5, 0.6) is 5.75 Å². The quantitative estimate of drug-likeness (QED) is 0.433. The highest BCUT2D eigenvalue weighted by Crippen LogP contribution is 2.26.